The van der Waals surface area contributed by atoms with Crippen LogP contribution in [-0.4, -0.2) is 21.5 Å². The summed E-state index contributed by atoms with van der Waals surface area (Å²) in [7, 11) is -1.59. The second-order valence-electron chi connectivity index (χ2n) is 7.80. The van der Waals surface area contributed by atoms with Crippen molar-refractivity contribution in [3.8, 4) is 0 Å². The maximum atomic E-state index is 6.87. The standard InChI is InChI=1S/C23H42O2Si/c1-7-11-16-22-21(15-13-18-24-19-20(5)6)14-12-17-23(22)25-26(8-2,9-3)10-4/h13,15,21H,5,7-12,14,16-19H2,1-4,6H3/b15-13+/t21-/m1/s1. The van der Waals surface area contributed by atoms with Gasteiger partial charge in [0.25, 0.3) is 0 Å². The van der Waals surface area contributed by atoms with E-state index in [9.17, 15) is 0 Å². The van der Waals surface area contributed by atoms with Gasteiger partial charge in [0.2, 0.25) is 8.32 Å². The average Bonchev–Trinajstić information content (AvgIpc) is 2.65. The highest BCUT2D eigenvalue weighted by molar-refractivity contribution is 6.73. The Kier molecular flexibility index (Phi) is 11.2. The molecule has 150 valence electrons. The van der Waals surface area contributed by atoms with Crippen LogP contribution >= 0.6 is 0 Å². The number of allylic oxidation sites excluding steroid dienone is 3. The van der Waals surface area contributed by atoms with Gasteiger partial charge in [0, 0.05) is 12.3 Å². The molecule has 0 bridgehead atoms. The van der Waals surface area contributed by atoms with Crippen molar-refractivity contribution in [2.75, 3.05) is 13.2 Å². The number of hydrogen-bond acceptors (Lipinski definition) is 2. The summed E-state index contributed by atoms with van der Waals surface area (Å²) in [4.78, 5) is 0. The molecular formula is C23H42O2Si. The summed E-state index contributed by atoms with van der Waals surface area (Å²) in [6.07, 6.45) is 11.9. The highest BCUT2D eigenvalue weighted by Gasteiger charge is 2.33. The zero-order valence-electron chi connectivity index (χ0n) is 18.0. The van der Waals surface area contributed by atoms with Gasteiger partial charge in [-0.05, 0) is 56.3 Å². The SMILES string of the molecule is C=C(C)COC/C=C/[C@H]1CCCC(O[Si](CC)(CC)CC)=C1CCCC. The summed E-state index contributed by atoms with van der Waals surface area (Å²) in [5, 5.41) is 0. The maximum absolute atomic E-state index is 6.87. The molecule has 0 aromatic heterocycles. The second kappa shape index (κ2) is 12.6. The molecule has 0 saturated heterocycles. The van der Waals surface area contributed by atoms with E-state index in [1.54, 1.807) is 5.57 Å². The number of rotatable bonds is 13. The normalized spacial score (nSPS) is 18.6. The lowest BCUT2D eigenvalue weighted by Gasteiger charge is -2.35. The van der Waals surface area contributed by atoms with Crippen molar-refractivity contribution in [2.45, 2.75) is 91.3 Å². The first-order chi connectivity index (χ1) is 12.5. The molecule has 0 N–H and O–H groups in total. The quantitative estimate of drug-likeness (QED) is 0.189. The highest BCUT2D eigenvalue weighted by atomic mass is 28.4. The molecule has 0 unspecified atom stereocenters. The first-order valence-electron chi connectivity index (χ1n) is 10.8. The van der Waals surface area contributed by atoms with Gasteiger partial charge < -0.3 is 9.16 Å². The van der Waals surface area contributed by atoms with Crippen LogP contribution in [0.3, 0.4) is 0 Å². The maximum Gasteiger partial charge on any atom is 0.250 e. The Labute approximate surface area is 163 Å². The van der Waals surface area contributed by atoms with Gasteiger partial charge in [-0.1, -0.05) is 58.4 Å². The van der Waals surface area contributed by atoms with Crippen LogP contribution in [0.25, 0.3) is 0 Å². The second-order valence-corrected chi connectivity index (χ2v) is 12.5. The Bertz CT molecular complexity index is 466. The topological polar surface area (TPSA) is 18.5 Å². The van der Waals surface area contributed by atoms with Gasteiger partial charge in [-0.2, -0.15) is 0 Å². The Hall–Kier alpha value is -0.803. The Morgan fingerprint density at radius 2 is 1.88 bits per heavy atom. The van der Waals surface area contributed by atoms with Crippen LogP contribution < -0.4 is 0 Å². The number of hydrogen-bond donors (Lipinski definition) is 0. The predicted molar refractivity (Wildman–Crippen MR) is 117 cm³/mol. The van der Waals surface area contributed by atoms with Gasteiger partial charge in [0.05, 0.1) is 19.0 Å². The van der Waals surface area contributed by atoms with Crippen LogP contribution in [0.2, 0.25) is 18.1 Å². The fourth-order valence-electron chi connectivity index (χ4n) is 3.79. The van der Waals surface area contributed by atoms with Crippen LogP contribution in [0, 0.1) is 5.92 Å². The first kappa shape index (κ1) is 23.2. The number of ether oxygens (including phenoxy) is 1. The third-order valence-electron chi connectivity index (χ3n) is 5.73. The van der Waals surface area contributed by atoms with Crippen molar-refractivity contribution >= 4 is 8.32 Å². The fraction of sp³-hybridized carbons (Fsp3) is 0.739. The molecule has 0 aromatic rings. The molecule has 0 saturated carbocycles. The minimum atomic E-state index is -1.59. The van der Waals surface area contributed by atoms with Gasteiger partial charge in [-0.25, -0.2) is 0 Å². The lowest BCUT2D eigenvalue weighted by atomic mass is 9.83. The van der Waals surface area contributed by atoms with E-state index >= 15 is 0 Å². The molecule has 1 aliphatic carbocycles. The van der Waals surface area contributed by atoms with E-state index in [1.807, 2.05) is 6.92 Å². The molecule has 0 fully saturated rings. The molecule has 2 nitrogen and oxygen atoms in total. The third-order valence-corrected chi connectivity index (χ3v) is 10.3. The van der Waals surface area contributed by atoms with Crippen LogP contribution in [-0.2, 0) is 9.16 Å². The van der Waals surface area contributed by atoms with E-state index in [-0.39, 0.29) is 0 Å². The van der Waals surface area contributed by atoms with Crippen molar-refractivity contribution in [3.63, 3.8) is 0 Å². The molecule has 1 rings (SSSR count). The number of unbranched alkanes of at least 4 members (excludes halogenated alkanes) is 1. The molecule has 1 atom stereocenters. The lowest BCUT2D eigenvalue weighted by Crippen LogP contribution is -2.36. The summed E-state index contributed by atoms with van der Waals surface area (Å²) in [6.45, 7) is 16.5. The highest BCUT2D eigenvalue weighted by Crippen LogP contribution is 2.38. The first-order valence-corrected chi connectivity index (χ1v) is 13.3. The van der Waals surface area contributed by atoms with Crippen LogP contribution in [0.15, 0.2) is 35.6 Å². The van der Waals surface area contributed by atoms with Gasteiger partial charge in [0.15, 0.2) is 0 Å². The summed E-state index contributed by atoms with van der Waals surface area (Å²) in [6, 6.07) is 3.67. The van der Waals surface area contributed by atoms with Crippen LogP contribution in [0.5, 0.6) is 0 Å². The van der Waals surface area contributed by atoms with Gasteiger partial charge >= 0.3 is 0 Å². The molecule has 0 heterocycles. The van der Waals surface area contributed by atoms with E-state index in [0.717, 1.165) is 12.0 Å². The van der Waals surface area contributed by atoms with E-state index in [1.165, 1.54) is 56.0 Å². The zero-order valence-corrected chi connectivity index (χ0v) is 19.0. The summed E-state index contributed by atoms with van der Waals surface area (Å²) < 4.78 is 12.5. The van der Waals surface area contributed by atoms with E-state index in [0.29, 0.717) is 19.1 Å². The molecule has 0 radical (unpaired) electrons. The smallest absolute Gasteiger partial charge is 0.250 e. The van der Waals surface area contributed by atoms with Gasteiger partial charge in [-0.15, -0.1) is 0 Å². The van der Waals surface area contributed by atoms with Crippen molar-refractivity contribution in [3.05, 3.63) is 35.6 Å². The molecule has 0 amide bonds. The van der Waals surface area contributed by atoms with E-state index in [2.05, 4.69) is 46.4 Å². The molecule has 26 heavy (non-hydrogen) atoms. The van der Waals surface area contributed by atoms with Crippen molar-refractivity contribution in [1.82, 2.24) is 0 Å². The zero-order chi connectivity index (χ0) is 19.4. The molecule has 0 aromatic carbocycles. The Balaban J connectivity index is 2.91. The average molecular weight is 379 g/mol. The minimum absolute atomic E-state index is 0.538. The van der Waals surface area contributed by atoms with Crippen LogP contribution in [0.4, 0.5) is 0 Å². The van der Waals surface area contributed by atoms with Gasteiger partial charge in [-0.3, -0.25) is 0 Å². The summed E-state index contributed by atoms with van der Waals surface area (Å²) in [5.74, 6) is 1.90. The lowest BCUT2D eigenvalue weighted by molar-refractivity contribution is 0.186. The largest absolute Gasteiger partial charge is 0.547 e. The summed E-state index contributed by atoms with van der Waals surface area (Å²) in [5.41, 5.74) is 2.66. The fourth-order valence-corrected chi connectivity index (χ4v) is 6.48. The van der Waals surface area contributed by atoms with Crippen molar-refractivity contribution < 1.29 is 9.16 Å². The predicted octanol–water partition coefficient (Wildman–Crippen LogP) is 7.40. The minimum Gasteiger partial charge on any atom is -0.547 e. The van der Waals surface area contributed by atoms with E-state index < -0.39 is 8.32 Å². The molecular weight excluding hydrogens is 336 g/mol. The van der Waals surface area contributed by atoms with Gasteiger partial charge in [0.1, 0.15) is 0 Å². The molecule has 3 heteroatoms. The monoisotopic (exact) mass is 378 g/mol. The van der Waals surface area contributed by atoms with E-state index in [4.69, 9.17) is 9.16 Å². The summed E-state index contributed by atoms with van der Waals surface area (Å²) >= 11 is 0. The van der Waals surface area contributed by atoms with Crippen molar-refractivity contribution in [1.29, 1.82) is 0 Å². The van der Waals surface area contributed by atoms with Crippen molar-refractivity contribution in [2.24, 2.45) is 5.92 Å². The molecule has 0 spiro atoms. The molecule has 1 aliphatic rings. The molecule has 0 aliphatic heterocycles. The Morgan fingerprint density at radius 1 is 1.19 bits per heavy atom. The van der Waals surface area contributed by atoms with Crippen LogP contribution in [0.1, 0.15) is 73.1 Å². The third kappa shape index (κ3) is 7.44. The Morgan fingerprint density at radius 3 is 2.46 bits per heavy atom.